The van der Waals surface area contributed by atoms with Gasteiger partial charge in [0.05, 0.1) is 25.9 Å². The van der Waals surface area contributed by atoms with E-state index >= 15 is 0 Å². The molecule has 4 aromatic carbocycles. The first-order valence-corrected chi connectivity index (χ1v) is 12.3. The SMILES string of the molecule is CC(C)OCC(Oc1cc(Oc2ccccc2)ccc1CO)c1cc(Oc2ccccc2)ccc1CO. The first-order chi connectivity index (χ1) is 18.1. The van der Waals surface area contributed by atoms with Gasteiger partial charge >= 0.3 is 0 Å². The minimum Gasteiger partial charge on any atom is -0.483 e. The molecular formula is C31H32O6. The van der Waals surface area contributed by atoms with Crippen molar-refractivity contribution in [1.82, 2.24) is 0 Å². The number of aliphatic hydroxyl groups is 2. The van der Waals surface area contributed by atoms with Crippen LogP contribution in [0.3, 0.4) is 0 Å². The molecule has 4 aromatic rings. The van der Waals surface area contributed by atoms with Crippen LogP contribution in [0.2, 0.25) is 0 Å². The molecule has 1 unspecified atom stereocenters. The molecule has 192 valence electrons. The number of hydrogen-bond acceptors (Lipinski definition) is 6. The van der Waals surface area contributed by atoms with Crippen molar-refractivity contribution in [2.45, 2.75) is 39.3 Å². The fourth-order valence-corrected chi connectivity index (χ4v) is 3.79. The Bertz CT molecular complexity index is 1260. The first kappa shape index (κ1) is 26.2. The number of ether oxygens (including phenoxy) is 4. The van der Waals surface area contributed by atoms with Crippen LogP contribution >= 0.6 is 0 Å². The normalized spacial score (nSPS) is 11.8. The smallest absolute Gasteiger partial charge is 0.147 e. The van der Waals surface area contributed by atoms with E-state index in [2.05, 4.69) is 0 Å². The maximum atomic E-state index is 10.1. The van der Waals surface area contributed by atoms with Crippen LogP contribution in [0.25, 0.3) is 0 Å². The van der Waals surface area contributed by atoms with Crippen LogP contribution in [0, 0.1) is 0 Å². The lowest BCUT2D eigenvalue weighted by atomic mass is 10.0. The van der Waals surface area contributed by atoms with Crippen LogP contribution in [0.15, 0.2) is 97.1 Å². The minimum absolute atomic E-state index is 0.0301. The highest BCUT2D eigenvalue weighted by Gasteiger charge is 2.21. The summed E-state index contributed by atoms with van der Waals surface area (Å²) in [6, 6.07) is 29.7. The Kier molecular flexibility index (Phi) is 9.16. The third kappa shape index (κ3) is 7.33. The quantitative estimate of drug-likeness (QED) is 0.223. The van der Waals surface area contributed by atoms with Crippen molar-refractivity contribution in [1.29, 1.82) is 0 Å². The zero-order chi connectivity index (χ0) is 26.0. The second kappa shape index (κ2) is 12.9. The molecule has 0 aromatic heterocycles. The topological polar surface area (TPSA) is 77.4 Å². The molecule has 0 aliphatic carbocycles. The second-order valence-corrected chi connectivity index (χ2v) is 8.77. The van der Waals surface area contributed by atoms with Gasteiger partial charge in [0, 0.05) is 17.2 Å². The lowest BCUT2D eigenvalue weighted by Crippen LogP contribution is -2.20. The van der Waals surface area contributed by atoms with Crippen LogP contribution in [-0.2, 0) is 18.0 Å². The van der Waals surface area contributed by atoms with Gasteiger partial charge in [-0.05, 0) is 67.9 Å². The Labute approximate surface area is 217 Å². The Morgan fingerprint density at radius 1 is 0.622 bits per heavy atom. The molecule has 0 aliphatic rings. The highest BCUT2D eigenvalue weighted by atomic mass is 16.5. The molecule has 0 saturated carbocycles. The monoisotopic (exact) mass is 500 g/mol. The van der Waals surface area contributed by atoms with Crippen LogP contribution in [0.5, 0.6) is 28.7 Å². The van der Waals surface area contributed by atoms with E-state index in [0.29, 0.717) is 39.9 Å². The predicted octanol–water partition coefficient (Wildman–Crippen LogP) is 6.80. The molecule has 0 spiro atoms. The molecule has 0 saturated heterocycles. The van der Waals surface area contributed by atoms with Crippen molar-refractivity contribution in [2.75, 3.05) is 6.61 Å². The molecule has 0 radical (unpaired) electrons. The van der Waals surface area contributed by atoms with Crippen molar-refractivity contribution >= 4 is 0 Å². The third-order valence-electron chi connectivity index (χ3n) is 5.65. The van der Waals surface area contributed by atoms with Crippen molar-refractivity contribution in [3.05, 3.63) is 114 Å². The van der Waals surface area contributed by atoms with E-state index in [1.807, 2.05) is 92.7 Å². The molecule has 6 heteroatoms. The molecule has 0 fully saturated rings. The summed E-state index contributed by atoms with van der Waals surface area (Å²) in [5.41, 5.74) is 2.03. The van der Waals surface area contributed by atoms with Gasteiger partial charge in [-0.2, -0.15) is 0 Å². The van der Waals surface area contributed by atoms with E-state index in [9.17, 15) is 10.2 Å². The van der Waals surface area contributed by atoms with E-state index in [4.69, 9.17) is 18.9 Å². The molecule has 2 N–H and O–H groups in total. The number of aliphatic hydroxyl groups excluding tert-OH is 2. The summed E-state index contributed by atoms with van der Waals surface area (Å²) in [5.74, 6) is 3.05. The number of para-hydroxylation sites is 2. The highest BCUT2D eigenvalue weighted by molar-refractivity contribution is 5.44. The molecule has 0 aliphatic heterocycles. The van der Waals surface area contributed by atoms with Crippen molar-refractivity contribution in [3.8, 4) is 28.7 Å². The summed E-state index contributed by atoms with van der Waals surface area (Å²) in [5, 5.41) is 20.1. The zero-order valence-electron chi connectivity index (χ0n) is 21.0. The summed E-state index contributed by atoms with van der Waals surface area (Å²) in [6.07, 6.45) is -0.612. The Morgan fingerprint density at radius 3 is 1.70 bits per heavy atom. The van der Waals surface area contributed by atoms with E-state index in [-0.39, 0.29) is 25.9 Å². The van der Waals surface area contributed by atoms with Gasteiger partial charge in [0.25, 0.3) is 0 Å². The molecule has 6 nitrogen and oxygen atoms in total. The van der Waals surface area contributed by atoms with E-state index < -0.39 is 6.10 Å². The van der Waals surface area contributed by atoms with Crippen LogP contribution in [0.4, 0.5) is 0 Å². The number of hydrogen-bond donors (Lipinski definition) is 2. The first-order valence-electron chi connectivity index (χ1n) is 12.3. The van der Waals surface area contributed by atoms with Gasteiger partial charge < -0.3 is 29.2 Å². The van der Waals surface area contributed by atoms with Gasteiger partial charge in [0.1, 0.15) is 34.9 Å². The number of benzene rings is 4. The Balaban J connectivity index is 1.67. The van der Waals surface area contributed by atoms with Crippen molar-refractivity contribution in [2.24, 2.45) is 0 Å². The molecule has 0 bridgehead atoms. The van der Waals surface area contributed by atoms with Crippen molar-refractivity contribution < 1.29 is 29.2 Å². The fraction of sp³-hybridized carbons (Fsp3) is 0.226. The lowest BCUT2D eigenvalue weighted by Gasteiger charge is -2.25. The third-order valence-corrected chi connectivity index (χ3v) is 5.65. The molecule has 4 rings (SSSR count). The van der Waals surface area contributed by atoms with Crippen LogP contribution in [-0.4, -0.2) is 22.9 Å². The zero-order valence-corrected chi connectivity index (χ0v) is 21.0. The molecule has 37 heavy (non-hydrogen) atoms. The molecule has 0 amide bonds. The van der Waals surface area contributed by atoms with E-state index in [1.54, 1.807) is 18.2 Å². The van der Waals surface area contributed by atoms with E-state index in [1.165, 1.54) is 0 Å². The summed E-state index contributed by atoms with van der Waals surface area (Å²) in [4.78, 5) is 0. The molecular weight excluding hydrogens is 468 g/mol. The molecule has 1 atom stereocenters. The van der Waals surface area contributed by atoms with Gasteiger partial charge in [-0.3, -0.25) is 0 Å². The van der Waals surface area contributed by atoms with Gasteiger partial charge in [-0.25, -0.2) is 0 Å². The second-order valence-electron chi connectivity index (χ2n) is 8.77. The van der Waals surface area contributed by atoms with Gasteiger partial charge in [0.15, 0.2) is 0 Å². The summed E-state index contributed by atoms with van der Waals surface area (Å²) < 4.78 is 24.4. The van der Waals surface area contributed by atoms with Crippen LogP contribution in [0.1, 0.15) is 36.6 Å². The average molecular weight is 501 g/mol. The average Bonchev–Trinajstić information content (AvgIpc) is 2.92. The maximum Gasteiger partial charge on any atom is 0.147 e. The summed E-state index contributed by atoms with van der Waals surface area (Å²) in [7, 11) is 0. The lowest BCUT2D eigenvalue weighted by molar-refractivity contribution is 0.0140. The largest absolute Gasteiger partial charge is 0.483 e. The predicted molar refractivity (Wildman–Crippen MR) is 142 cm³/mol. The van der Waals surface area contributed by atoms with E-state index in [0.717, 1.165) is 5.56 Å². The van der Waals surface area contributed by atoms with Crippen LogP contribution < -0.4 is 14.2 Å². The Hall–Kier alpha value is -3.84. The maximum absolute atomic E-state index is 10.1. The van der Waals surface area contributed by atoms with Gasteiger partial charge in [-0.1, -0.05) is 42.5 Å². The summed E-state index contributed by atoms with van der Waals surface area (Å²) in [6.45, 7) is 3.75. The molecule has 0 heterocycles. The van der Waals surface area contributed by atoms with Gasteiger partial charge in [-0.15, -0.1) is 0 Å². The minimum atomic E-state index is -0.582. The highest BCUT2D eigenvalue weighted by Crippen LogP contribution is 2.35. The van der Waals surface area contributed by atoms with Crippen molar-refractivity contribution in [3.63, 3.8) is 0 Å². The fourth-order valence-electron chi connectivity index (χ4n) is 3.79. The summed E-state index contributed by atoms with van der Waals surface area (Å²) >= 11 is 0. The Morgan fingerprint density at radius 2 is 1.16 bits per heavy atom. The standard InChI is InChI=1S/C31H32O6/c1-22(2)34-21-31(29-17-27(15-13-23(29)19-32)35-25-9-5-3-6-10-25)37-30-18-28(16-14-24(30)20-33)36-26-11-7-4-8-12-26/h3-18,22,31-33H,19-21H2,1-2H3. The van der Waals surface area contributed by atoms with Gasteiger partial charge in [0.2, 0.25) is 0 Å². The number of rotatable bonds is 12.